The molecule has 1 aliphatic carbocycles. The first-order valence-corrected chi connectivity index (χ1v) is 8.32. The Bertz CT molecular complexity index is 796. The highest BCUT2D eigenvalue weighted by atomic mass is 19.4. The molecular weight excluding hydrogens is 369 g/mol. The van der Waals surface area contributed by atoms with Crippen molar-refractivity contribution in [2.24, 2.45) is 0 Å². The van der Waals surface area contributed by atoms with Gasteiger partial charge >= 0.3 is 12.4 Å². The molecule has 142 valence electrons. The highest BCUT2D eigenvalue weighted by molar-refractivity contribution is 6.32. The van der Waals surface area contributed by atoms with Crippen molar-refractivity contribution in [1.29, 1.82) is 0 Å². The second-order valence-corrected chi connectivity index (χ2v) is 6.56. The maximum atomic E-state index is 12.9. The third-order valence-corrected chi connectivity index (χ3v) is 4.52. The Morgan fingerprint density at radius 1 is 0.926 bits per heavy atom. The number of rotatable bonds is 3. The van der Waals surface area contributed by atoms with E-state index in [0.717, 1.165) is 24.0 Å². The number of ether oxygens (including phenoxy) is 1. The van der Waals surface area contributed by atoms with Crippen LogP contribution in [0.2, 0.25) is 0 Å². The van der Waals surface area contributed by atoms with E-state index in [4.69, 9.17) is 12.6 Å². The minimum absolute atomic E-state index is 0.113. The Balaban J connectivity index is 1.84. The number of alkyl halides is 6. The van der Waals surface area contributed by atoms with Gasteiger partial charge in [0.2, 0.25) is 0 Å². The van der Waals surface area contributed by atoms with E-state index in [2.05, 4.69) is 0 Å². The highest BCUT2D eigenvalue weighted by Gasteiger charge is 2.37. The zero-order valence-electron chi connectivity index (χ0n) is 14.1. The van der Waals surface area contributed by atoms with Crippen molar-refractivity contribution in [2.45, 2.75) is 44.3 Å². The summed E-state index contributed by atoms with van der Waals surface area (Å²) in [6.45, 7) is -0.346. The first-order chi connectivity index (χ1) is 12.5. The monoisotopic (exact) mass is 384 g/mol. The van der Waals surface area contributed by atoms with E-state index >= 15 is 0 Å². The molecule has 0 bridgehead atoms. The topological polar surface area (TPSA) is 9.23 Å². The molecule has 8 heteroatoms. The Kier molecular flexibility index (Phi) is 5.30. The molecule has 1 unspecified atom stereocenters. The lowest BCUT2D eigenvalue weighted by molar-refractivity contribution is -0.143. The van der Waals surface area contributed by atoms with Gasteiger partial charge in [0.25, 0.3) is 0 Å². The Morgan fingerprint density at radius 3 is 2.15 bits per heavy atom. The number of benzene rings is 2. The zero-order valence-corrected chi connectivity index (χ0v) is 14.1. The number of hydrogen-bond donors (Lipinski definition) is 0. The average molecular weight is 384 g/mol. The molecule has 1 atom stereocenters. The molecular formula is C19H15BF6O. The van der Waals surface area contributed by atoms with Gasteiger partial charge in [-0.1, -0.05) is 23.7 Å². The highest BCUT2D eigenvalue weighted by Crippen LogP contribution is 2.37. The summed E-state index contributed by atoms with van der Waals surface area (Å²) in [5.74, 6) is 0. The molecule has 0 N–H and O–H groups in total. The standard InChI is InChI=1S/C19H15BF6O/c20-15-4-5-16-12(8-15)2-1-3-17(16)27-10-11-6-13(18(21,22)23)9-14(7-11)19(24,25)26/h4-9,17H,1-3,10H2. The molecule has 2 radical (unpaired) electrons. The zero-order chi connectivity index (χ0) is 19.8. The lowest BCUT2D eigenvalue weighted by Crippen LogP contribution is -2.17. The van der Waals surface area contributed by atoms with Gasteiger partial charge in [-0.25, -0.2) is 0 Å². The van der Waals surface area contributed by atoms with Crippen molar-refractivity contribution in [3.63, 3.8) is 0 Å². The van der Waals surface area contributed by atoms with Crippen molar-refractivity contribution in [1.82, 2.24) is 0 Å². The van der Waals surface area contributed by atoms with Crippen LogP contribution in [0.15, 0.2) is 36.4 Å². The van der Waals surface area contributed by atoms with E-state index in [1.165, 1.54) is 0 Å². The van der Waals surface area contributed by atoms with Crippen LogP contribution in [0.5, 0.6) is 0 Å². The fraction of sp³-hybridized carbons (Fsp3) is 0.368. The van der Waals surface area contributed by atoms with Crippen LogP contribution in [0.1, 0.15) is 46.8 Å². The van der Waals surface area contributed by atoms with E-state index < -0.39 is 29.6 Å². The molecule has 1 aliphatic rings. The molecule has 2 aromatic rings. The number of aryl methyl sites for hydroxylation is 1. The van der Waals surface area contributed by atoms with Crippen molar-refractivity contribution in [2.75, 3.05) is 0 Å². The summed E-state index contributed by atoms with van der Waals surface area (Å²) in [4.78, 5) is 0. The molecule has 0 amide bonds. The second-order valence-electron chi connectivity index (χ2n) is 6.56. The number of halogens is 6. The second kappa shape index (κ2) is 7.22. The van der Waals surface area contributed by atoms with Gasteiger partial charge in [-0.2, -0.15) is 26.3 Å². The van der Waals surface area contributed by atoms with Gasteiger partial charge in [-0.3, -0.25) is 0 Å². The van der Waals surface area contributed by atoms with Gasteiger partial charge in [-0.15, -0.1) is 0 Å². The lowest BCUT2D eigenvalue weighted by atomic mass is 9.84. The minimum Gasteiger partial charge on any atom is -0.369 e. The Labute approximate surface area is 153 Å². The van der Waals surface area contributed by atoms with Crippen LogP contribution in [0.25, 0.3) is 0 Å². The van der Waals surface area contributed by atoms with E-state index in [1.54, 1.807) is 12.1 Å². The molecule has 1 nitrogen and oxygen atoms in total. The summed E-state index contributed by atoms with van der Waals surface area (Å²) in [5, 5.41) is 0. The molecule has 0 saturated carbocycles. The van der Waals surface area contributed by atoms with Gasteiger partial charge in [0.05, 0.1) is 23.8 Å². The fourth-order valence-corrected chi connectivity index (χ4v) is 3.26. The summed E-state index contributed by atoms with van der Waals surface area (Å²) >= 11 is 0. The average Bonchev–Trinajstić information content (AvgIpc) is 2.57. The summed E-state index contributed by atoms with van der Waals surface area (Å²) < 4.78 is 83.4. The summed E-state index contributed by atoms with van der Waals surface area (Å²) in [6.07, 6.45) is -7.88. The molecule has 0 aliphatic heterocycles. The van der Waals surface area contributed by atoms with Crippen LogP contribution >= 0.6 is 0 Å². The maximum absolute atomic E-state index is 12.9. The molecule has 27 heavy (non-hydrogen) atoms. The number of fused-ring (bicyclic) bond motifs is 1. The van der Waals surface area contributed by atoms with Gasteiger partial charge in [-0.05, 0) is 54.2 Å². The smallest absolute Gasteiger partial charge is 0.369 e. The fourth-order valence-electron chi connectivity index (χ4n) is 3.26. The van der Waals surface area contributed by atoms with Crippen LogP contribution in [-0.2, 0) is 30.1 Å². The molecule has 0 fully saturated rings. The van der Waals surface area contributed by atoms with E-state index in [-0.39, 0.29) is 18.2 Å². The largest absolute Gasteiger partial charge is 0.416 e. The number of hydrogen-bond acceptors (Lipinski definition) is 1. The van der Waals surface area contributed by atoms with Crippen LogP contribution in [0.3, 0.4) is 0 Å². The Hall–Kier alpha value is -1.96. The molecule has 0 heterocycles. The predicted octanol–water partition coefficient (Wildman–Crippen LogP) is 5.11. The molecule has 0 spiro atoms. The lowest BCUT2D eigenvalue weighted by Gasteiger charge is -2.26. The quantitative estimate of drug-likeness (QED) is 0.528. The SMILES string of the molecule is [B]c1ccc2c(c1)CCCC2OCc1cc(C(F)(F)F)cc(C(F)(F)F)c1. The van der Waals surface area contributed by atoms with Crippen LogP contribution in [0.4, 0.5) is 26.3 Å². The van der Waals surface area contributed by atoms with Crippen molar-refractivity contribution < 1.29 is 31.1 Å². The molecule has 3 rings (SSSR count). The van der Waals surface area contributed by atoms with E-state index in [0.29, 0.717) is 24.0 Å². The van der Waals surface area contributed by atoms with E-state index in [9.17, 15) is 26.3 Å². The van der Waals surface area contributed by atoms with Gasteiger partial charge in [0.1, 0.15) is 7.85 Å². The first-order valence-electron chi connectivity index (χ1n) is 8.32. The summed E-state index contributed by atoms with van der Waals surface area (Å²) in [5.41, 5.74) is -0.382. The molecule has 0 saturated heterocycles. The predicted molar refractivity (Wildman–Crippen MR) is 88.7 cm³/mol. The van der Waals surface area contributed by atoms with Gasteiger partial charge < -0.3 is 4.74 Å². The molecule has 0 aromatic heterocycles. The third-order valence-electron chi connectivity index (χ3n) is 4.52. The normalized spacial score (nSPS) is 17.6. The van der Waals surface area contributed by atoms with Gasteiger partial charge in [0, 0.05) is 0 Å². The third kappa shape index (κ3) is 4.67. The van der Waals surface area contributed by atoms with Crippen molar-refractivity contribution in [3.8, 4) is 0 Å². The van der Waals surface area contributed by atoms with Gasteiger partial charge in [0.15, 0.2) is 0 Å². The van der Waals surface area contributed by atoms with E-state index in [1.807, 2.05) is 6.07 Å². The maximum Gasteiger partial charge on any atom is 0.416 e. The van der Waals surface area contributed by atoms with Crippen LogP contribution < -0.4 is 5.46 Å². The first kappa shape index (κ1) is 19.8. The molecule has 2 aromatic carbocycles. The van der Waals surface area contributed by atoms with Crippen molar-refractivity contribution in [3.05, 3.63) is 64.2 Å². The van der Waals surface area contributed by atoms with Crippen LogP contribution in [-0.4, -0.2) is 7.85 Å². The van der Waals surface area contributed by atoms with Crippen molar-refractivity contribution >= 4 is 13.3 Å². The minimum atomic E-state index is -4.87. The summed E-state index contributed by atoms with van der Waals surface area (Å²) in [6, 6.07) is 6.82. The van der Waals surface area contributed by atoms with Crippen LogP contribution in [0, 0.1) is 0 Å². The Morgan fingerprint density at radius 2 is 1.56 bits per heavy atom. The summed E-state index contributed by atoms with van der Waals surface area (Å²) in [7, 11) is 5.75.